The van der Waals surface area contributed by atoms with Crippen molar-refractivity contribution < 1.29 is 25.2 Å². The van der Waals surface area contributed by atoms with Crippen LogP contribution in [0, 0.1) is 0 Å². The molecule has 0 radical (unpaired) electrons. The van der Waals surface area contributed by atoms with E-state index in [0.29, 0.717) is 31.5 Å². The lowest BCUT2D eigenvalue weighted by Gasteiger charge is -2.22. The lowest BCUT2D eigenvalue weighted by atomic mass is 10.1. The van der Waals surface area contributed by atoms with E-state index in [1.54, 1.807) is 4.90 Å². The Hall–Kier alpha value is -1.79. The van der Waals surface area contributed by atoms with E-state index in [1.165, 1.54) is 18.2 Å². The standard InChI is InChI=1S/C13H17NO5/c15-9-1-2-10(16)8(7-9)3-5-14-6-4-11(17)12(14)13(18)19/h1-2,7,11-12,15-17H,3-6H2,(H,18,19)/t11?,12-/m0/s1. The van der Waals surface area contributed by atoms with Crippen LogP contribution >= 0.6 is 0 Å². The van der Waals surface area contributed by atoms with Gasteiger partial charge in [-0.15, -0.1) is 0 Å². The zero-order chi connectivity index (χ0) is 14.0. The van der Waals surface area contributed by atoms with Crippen LogP contribution in [0.3, 0.4) is 0 Å². The molecule has 2 rings (SSSR count). The largest absolute Gasteiger partial charge is 0.508 e. The highest BCUT2D eigenvalue weighted by Crippen LogP contribution is 2.24. The molecule has 6 nitrogen and oxygen atoms in total. The number of aliphatic carboxylic acids is 1. The Balaban J connectivity index is 2.02. The van der Waals surface area contributed by atoms with Crippen LogP contribution in [0.1, 0.15) is 12.0 Å². The summed E-state index contributed by atoms with van der Waals surface area (Å²) in [5.41, 5.74) is 0.561. The number of aliphatic hydroxyl groups is 1. The highest BCUT2D eigenvalue weighted by Gasteiger charge is 2.37. The van der Waals surface area contributed by atoms with E-state index in [2.05, 4.69) is 0 Å². The van der Waals surface area contributed by atoms with Gasteiger partial charge in [-0.25, -0.2) is 0 Å². The van der Waals surface area contributed by atoms with Crippen molar-refractivity contribution in [1.82, 2.24) is 4.90 Å². The van der Waals surface area contributed by atoms with E-state index in [0.717, 1.165) is 0 Å². The maximum absolute atomic E-state index is 11.1. The topological polar surface area (TPSA) is 101 Å². The van der Waals surface area contributed by atoms with Gasteiger partial charge in [0.15, 0.2) is 0 Å². The summed E-state index contributed by atoms with van der Waals surface area (Å²) in [7, 11) is 0. The van der Waals surface area contributed by atoms with E-state index < -0.39 is 18.1 Å². The van der Waals surface area contributed by atoms with Crippen molar-refractivity contribution in [3.63, 3.8) is 0 Å². The van der Waals surface area contributed by atoms with Gasteiger partial charge in [-0.1, -0.05) is 0 Å². The molecule has 1 aliphatic rings. The molecular weight excluding hydrogens is 250 g/mol. The minimum Gasteiger partial charge on any atom is -0.508 e. The second-order valence-electron chi connectivity index (χ2n) is 4.74. The van der Waals surface area contributed by atoms with Gasteiger partial charge in [0.2, 0.25) is 0 Å². The van der Waals surface area contributed by atoms with E-state index in [9.17, 15) is 20.1 Å². The van der Waals surface area contributed by atoms with E-state index >= 15 is 0 Å². The normalized spacial score (nSPS) is 23.6. The van der Waals surface area contributed by atoms with E-state index in [1.807, 2.05) is 0 Å². The molecule has 0 aromatic heterocycles. The third-order valence-corrected chi connectivity index (χ3v) is 3.45. The first-order chi connectivity index (χ1) is 8.99. The van der Waals surface area contributed by atoms with Crippen LogP contribution < -0.4 is 0 Å². The van der Waals surface area contributed by atoms with Gasteiger partial charge in [0, 0.05) is 13.1 Å². The first-order valence-corrected chi connectivity index (χ1v) is 6.15. The monoisotopic (exact) mass is 267 g/mol. The highest BCUT2D eigenvalue weighted by atomic mass is 16.4. The summed E-state index contributed by atoms with van der Waals surface area (Å²) in [4.78, 5) is 12.7. The molecule has 19 heavy (non-hydrogen) atoms. The summed E-state index contributed by atoms with van der Waals surface area (Å²) < 4.78 is 0. The molecule has 0 saturated carbocycles. The molecule has 1 heterocycles. The highest BCUT2D eigenvalue weighted by molar-refractivity contribution is 5.74. The molecule has 2 atom stereocenters. The number of rotatable bonds is 4. The Morgan fingerprint density at radius 3 is 2.79 bits per heavy atom. The maximum atomic E-state index is 11.1. The molecule has 1 unspecified atom stereocenters. The van der Waals surface area contributed by atoms with Crippen LogP contribution in [-0.4, -0.2) is 56.5 Å². The number of hydrogen-bond donors (Lipinski definition) is 4. The van der Waals surface area contributed by atoms with Crippen LogP contribution in [0.15, 0.2) is 18.2 Å². The van der Waals surface area contributed by atoms with Crippen LogP contribution in [0.5, 0.6) is 11.5 Å². The number of carboxylic acids is 1. The Morgan fingerprint density at radius 2 is 2.11 bits per heavy atom. The van der Waals surface area contributed by atoms with Crippen molar-refractivity contribution in [2.45, 2.75) is 25.0 Å². The van der Waals surface area contributed by atoms with Gasteiger partial charge in [0.05, 0.1) is 6.10 Å². The van der Waals surface area contributed by atoms with Crippen molar-refractivity contribution >= 4 is 5.97 Å². The number of likely N-dealkylation sites (tertiary alicyclic amines) is 1. The summed E-state index contributed by atoms with van der Waals surface area (Å²) >= 11 is 0. The molecule has 1 aliphatic heterocycles. The van der Waals surface area contributed by atoms with Gasteiger partial charge < -0.3 is 20.4 Å². The van der Waals surface area contributed by atoms with Crippen molar-refractivity contribution in [2.24, 2.45) is 0 Å². The lowest BCUT2D eigenvalue weighted by molar-refractivity contribution is -0.144. The van der Waals surface area contributed by atoms with Gasteiger partial charge in [-0.2, -0.15) is 0 Å². The number of phenolic OH excluding ortho intramolecular Hbond substituents is 2. The van der Waals surface area contributed by atoms with Crippen molar-refractivity contribution in [3.8, 4) is 11.5 Å². The number of carbonyl (C=O) groups is 1. The van der Waals surface area contributed by atoms with Gasteiger partial charge >= 0.3 is 5.97 Å². The smallest absolute Gasteiger partial charge is 0.323 e. The second-order valence-corrected chi connectivity index (χ2v) is 4.74. The summed E-state index contributed by atoms with van der Waals surface area (Å²) in [6.07, 6.45) is -0.00465. The summed E-state index contributed by atoms with van der Waals surface area (Å²) in [5, 5.41) is 37.7. The van der Waals surface area contributed by atoms with Crippen LogP contribution in [-0.2, 0) is 11.2 Å². The predicted octanol–water partition coefficient (Wildman–Crippen LogP) is 0.160. The summed E-state index contributed by atoms with van der Waals surface area (Å²) in [6, 6.07) is 3.35. The molecule has 0 amide bonds. The fourth-order valence-electron chi connectivity index (χ4n) is 2.45. The molecule has 0 bridgehead atoms. The number of phenols is 2. The van der Waals surface area contributed by atoms with E-state index in [4.69, 9.17) is 5.11 Å². The van der Waals surface area contributed by atoms with Crippen molar-refractivity contribution in [2.75, 3.05) is 13.1 Å². The minimum atomic E-state index is -1.04. The zero-order valence-electron chi connectivity index (χ0n) is 10.4. The molecule has 1 aromatic carbocycles. The molecule has 104 valence electrons. The third-order valence-electron chi connectivity index (χ3n) is 3.45. The first kappa shape index (κ1) is 13.6. The Labute approximate surface area is 110 Å². The van der Waals surface area contributed by atoms with Gasteiger partial charge in [0.25, 0.3) is 0 Å². The molecule has 1 saturated heterocycles. The zero-order valence-corrected chi connectivity index (χ0v) is 10.4. The second kappa shape index (κ2) is 5.46. The van der Waals surface area contributed by atoms with Crippen molar-refractivity contribution in [1.29, 1.82) is 0 Å². The molecule has 1 aromatic rings. The fraction of sp³-hybridized carbons (Fsp3) is 0.462. The quantitative estimate of drug-likeness (QED) is 0.580. The number of aliphatic hydroxyl groups excluding tert-OH is 1. The van der Waals surface area contributed by atoms with Crippen LogP contribution in [0.25, 0.3) is 0 Å². The van der Waals surface area contributed by atoms with Gasteiger partial charge in [-0.3, -0.25) is 9.69 Å². The number of carboxylic acid groups (broad SMARTS) is 1. The Kier molecular flexibility index (Phi) is 3.92. The van der Waals surface area contributed by atoms with Crippen molar-refractivity contribution in [3.05, 3.63) is 23.8 Å². The Morgan fingerprint density at radius 1 is 1.37 bits per heavy atom. The van der Waals surface area contributed by atoms with Crippen LogP contribution in [0.4, 0.5) is 0 Å². The molecule has 1 fully saturated rings. The van der Waals surface area contributed by atoms with Crippen LogP contribution in [0.2, 0.25) is 0 Å². The number of aromatic hydroxyl groups is 2. The maximum Gasteiger partial charge on any atom is 0.323 e. The number of nitrogens with zero attached hydrogens (tertiary/aromatic N) is 1. The molecule has 0 aliphatic carbocycles. The fourth-order valence-corrected chi connectivity index (χ4v) is 2.45. The molecular formula is C13H17NO5. The predicted molar refractivity (Wildman–Crippen MR) is 67.1 cm³/mol. The molecule has 0 spiro atoms. The third kappa shape index (κ3) is 2.97. The SMILES string of the molecule is O=C(O)[C@@H]1C(O)CCN1CCc1cc(O)ccc1O. The average molecular weight is 267 g/mol. The van der Waals surface area contributed by atoms with Gasteiger partial charge in [0.1, 0.15) is 17.5 Å². The lowest BCUT2D eigenvalue weighted by Crippen LogP contribution is -2.42. The summed E-state index contributed by atoms with van der Waals surface area (Å²) in [5.74, 6) is -0.904. The molecule has 4 N–H and O–H groups in total. The Bertz CT molecular complexity index is 476. The number of benzene rings is 1. The first-order valence-electron chi connectivity index (χ1n) is 6.15. The molecule has 6 heteroatoms. The minimum absolute atomic E-state index is 0.0593. The average Bonchev–Trinajstić information content (AvgIpc) is 2.72. The van der Waals surface area contributed by atoms with Gasteiger partial charge in [-0.05, 0) is 36.6 Å². The van der Waals surface area contributed by atoms with E-state index in [-0.39, 0.29) is 11.5 Å². The number of hydrogen-bond acceptors (Lipinski definition) is 5. The summed E-state index contributed by atoms with van der Waals surface area (Å²) in [6.45, 7) is 0.919.